The molecule has 2 rings (SSSR count). The van der Waals surface area contributed by atoms with Crippen LogP contribution >= 0.6 is 28.1 Å². The average Bonchev–Trinajstić information content (AvgIpc) is 2.63. The molecule has 1 aliphatic rings. The Labute approximate surface area is 121 Å². The van der Waals surface area contributed by atoms with Gasteiger partial charge in [-0.05, 0) is 28.8 Å². The lowest BCUT2D eigenvalue weighted by atomic mass is 10.2. The van der Waals surface area contributed by atoms with Gasteiger partial charge in [-0.25, -0.2) is 4.98 Å². The van der Waals surface area contributed by atoms with Crippen LogP contribution in [0.5, 0.6) is 0 Å². The number of halogens is 1. The number of ether oxygens (including phenoxy) is 1. The number of hydrogen-bond donors (Lipinski definition) is 1. The average molecular weight is 332 g/mol. The summed E-state index contributed by atoms with van der Waals surface area (Å²) in [5, 5.41) is 0. The molecule has 1 aromatic heterocycles. The van der Waals surface area contributed by atoms with Crippen LogP contribution in [-0.4, -0.2) is 30.2 Å². The summed E-state index contributed by atoms with van der Waals surface area (Å²) in [5.41, 5.74) is 0.955. The molecule has 1 aliphatic heterocycles. The molecule has 0 amide bonds. The first kappa shape index (κ1) is 14.0. The van der Waals surface area contributed by atoms with Crippen molar-refractivity contribution in [3.8, 4) is 0 Å². The van der Waals surface area contributed by atoms with Gasteiger partial charge >= 0.3 is 0 Å². The van der Waals surface area contributed by atoms with Gasteiger partial charge < -0.3 is 14.6 Å². The van der Waals surface area contributed by atoms with Gasteiger partial charge in [0.25, 0.3) is 0 Å². The van der Waals surface area contributed by atoms with Crippen molar-refractivity contribution in [2.45, 2.75) is 32.3 Å². The van der Waals surface area contributed by atoms with Crippen LogP contribution < -0.4 is 4.90 Å². The topological polar surface area (TPSA) is 41.1 Å². The van der Waals surface area contributed by atoms with Crippen LogP contribution in [0.1, 0.15) is 31.4 Å². The van der Waals surface area contributed by atoms with Crippen LogP contribution in [-0.2, 0) is 11.3 Å². The van der Waals surface area contributed by atoms with Gasteiger partial charge in [0.1, 0.15) is 4.64 Å². The number of hydrogen-bond acceptors (Lipinski definition) is 4. The molecule has 6 heteroatoms. The zero-order valence-electron chi connectivity index (χ0n) is 10.5. The van der Waals surface area contributed by atoms with E-state index in [9.17, 15) is 0 Å². The van der Waals surface area contributed by atoms with E-state index in [1.54, 1.807) is 7.11 Å². The molecule has 2 heterocycles. The molecule has 0 spiro atoms. The molecule has 0 aromatic carbocycles. The summed E-state index contributed by atoms with van der Waals surface area (Å²) in [5.74, 6) is 0.872. The first-order valence-corrected chi connectivity index (χ1v) is 7.45. The summed E-state index contributed by atoms with van der Waals surface area (Å²) in [6, 6.07) is 0. The second kappa shape index (κ2) is 6.63. The van der Waals surface area contributed by atoms with Crippen LogP contribution in [0.4, 0.5) is 5.95 Å². The number of nitrogens with one attached hydrogen (secondary N) is 1. The van der Waals surface area contributed by atoms with E-state index in [0.29, 0.717) is 11.2 Å². The highest BCUT2D eigenvalue weighted by molar-refractivity contribution is 9.10. The van der Waals surface area contributed by atoms with Crippen molar-refractivity contribution in [1.29, 1.82) is 0 Å². The maximum atomic E-state index is 5.29. The molecule has 0 saturated carbocycles. The third kappa shape index (κ3) is 3.30. The summed E-state index contributed by atoms with van der Waals surface area (Å²) >= 11 is 8.74. The maximum absolute atomic E-state index is 5.29. The highest BCUT2D eigenvalue weighted by Gasteiger charge is 2.14. The van der Waals surface area contributed by atoms with Crippen molar-refractivity contribution < 1.29 is 4.74 Å². The van der Waals surface area contributed by atoms with E-state index in [4.69, 9.17) is 17.0 Å². The van der Waals surface area contributed by atoms with Crippen LogP contribution in [0, 0.1) is 4.64 Å². The number of aromatic nitrogens is 2. The molecule has 0 unspecified atom stereocenters. The van der Waals surface area contributed by atoms with E-state index in [0.717, 1.165) is 29.2 Å². The van der Waals surface area contributed by atoms with Gasteiger partial charge in [-0.1, -0.05) is 25.1 Å². The first-order chi connectivity index (χ1) is 8.72. The number of rotatable bonds is 3. The molecule has 0 aliphatic carbocycles. The SMILES string of the molecule is COCc1[nH]c(N2CCCCCC2)nc(=S)c1Br. The Bertz CT molecular complexity index is 455. The van der Waals surface area contributed by atoms with Crippen molar-refractivity contribution in [3.05, 3.63) is 14.8 Å². The number of H-pyrrole nitrogens is 1. The van der Waals surface area contributed by atoms with Crippen molar-refractivity contribution in [1.82, 2.24) is 9.97 Å². The molecule has 1 fully saturated rings. The Morgan fingerprint density at radius 2 is 2.00 bits per heavy atom. The summed E-state index contributed by atoms with van der Waals surface area (Å²) in [4.78, 5) is 10.1. The second-order valence-electron chi connectivity index (χ2n) is 4.49. The fourth-order valence-corrected chi connectivity index (χ4v) is 2.68. The minimum absolute atomic E-state index is 0.508. The Kier molecular flexibility index (Phi) is 5.14. The maximum Gasteiger partial charge on any atom is 0.204 e. The lowest BCUT2D eigenvalue weighted by Gasteiger charge is -2.22. The largest absolute Gasteiger partial charge is 0.378 e. The van der Waals surface area contributed by atoms with Gasteiger partial charge in [-0.2, -0.15) is 0 Å². The van der Waals surface area contributed by atoms with Gasteiger partial charge in [-0.3, -0.25) is 0 Å². The van der Waals surface area contributed by atoms with Gasteiger partial charge in [-0.15, -0.1) is 0 Å². The van der Waals surface area contributed by atoms with Gasteiger partial charge in [0, 0.05) is 20.2 Å². The van der Waals surface area contributed by atoms with Crippen molar-refractivity contribution >= 4 is 34.1 Å². The molecule has 18 heavy (non-hydrogen) atoms. The summed E-state index contributed by atoms with van der Waals surface area (Å²) < 4.78 is 6.61. The third-order valence-electron chi connectivity index (χ3n) is 3.12. The predicted octanol–water partition coefficient (Wildman–Crippen LogP) is 3.43. The van der Waals surface area contributed by atoms with Gasteiger partial charge in [0.05, 0.1) is 16.8 Å². The Balaban J connectivity index is 2.29. The van der Waals surface area contributed by atoms with Gasteiger partial charge in [0.15, 0.2) is 0 Å². The lowest BCUT2D eigenvalue weighted by Crippen LogP contribution is -2.26. The van der Waals surface area contributed by atoms with E-state index >= 15 is 0 Å². The molecule has 1 N–H and O–H groups in total. The molecular weight excluding hydrogens is 314 g/mol. The number of anilines is 1. The number of nitrogens with zero attached hydrogens (tertiary/aromatic N) is 2. The molecular formula is C12H18BrN3OS. The molecule has 1 saturated heterocycles. The predicted molar refractivity (Wildman–Crippen MR) is 78.5 cm³/mol. The summed E-state index contributed by atoms with van der Waals surface area (Å²) in [7, 11) is 1.68. The van der Waals surface area contributed by atoms with Crippen LogP contribution in [0.15, 0.2) is 4.47 Å². The highest BCUT2D eigenvalue weighted by Crippen LogP contribution is 2.21. The molecule has 100 valence electrons. The van der Waals surface area contributed by atoms with Crippen LogP contribution in [0.3, 0.4) is 0 Å². The van der Waals surface area contributed by atoms with Crippen LogP contribution in [0.2, 0.25) is 0 Å². The molecule has 4 nitrogen and oxygen atoms in total. The van der Waals surface area contributed by atoms with E-state index in [2.05, 4.69) is 30.8 Å². The number of aromatic amines is 1. The van der Waals surface area contributed by atoms with Gasteiger partial charge in [0.2, 0.25) is 5.95 Å². The van der Waals surface area contributed by atoms with Crippen molar-refractivity contribution in [2.24, 2.45) is 0 Å². The Morgan fingerprint density at radius 1 is 1.33 bits per heavy atom. The summed E-state index contributed by atoms with van der Waals surface area (Å²) in [6.07, 6.45) is 5.05. The minimum Gasteiger partial charge on any atom is -0.378 e. The first-order valence-electron chi connectivity index (χ1n) is 6.25. The molecule has 0 bridgehead atoms. The van der Waals surface area contributed by atoms with Crippen molar-refractivity contribution in [3.63, 3.8) is 0 Å². The van der Waals surface area contributed by atoms with Crippen LogP contribution in [0.25, 0.3) is 0 Å². The Morgan fingerprint density at radius 3 is 2.61 bits per heavy atom. The molecule has 0 atom stereocenters. The standard InChI is InChI=1S/C12H18BrN3OS/c1-17-8-9-10(13)11(18)15-12(14-9)16-6-4-2-3-5-7-16/h2-8H2,1H3,(H,14,15,18). The fourth-order valence-electron chi connectivity index (χ4n) is 2.17. The van der Waals surface area contributed by atoms with E-state index < -0.39 is 0 Å². The van der Waals surface area contributed by atoms with E-state index in [-0.39, 0.29) is 0 Å². The Hall–Kier alpha value is -0.460. The van der Waals surface area contributed by atoms with E-state index in [1.807, 2.05) is 0 Å². The molecule has 0 radical (unpaired) electrons. The summed E-state index contributed by atoms with van der Waals surface area (Å²) in [6.45, 7) is 2.60. The normalized spacial score (nSPS) is 16.7. The minimum atomic E-state index is 0.508. The smallest absolute Gasteiger partial charge is 0.204 e. The second-order valence-corrected chi connectivity index (χ2v) is 5.67. The molecule has 1 aromatic rings. The number of methoxy groups -OCH3 is 1. The fraction of sp³-hybridized carbons (Fsp3) is 0.667. The quantitative estimate of drug-likeness (QED) is 0.861. The van der Waals surface area contributed by atoms with E-state index in [1.165, 1.54) is 25.7 Å². The highest BCUT2D eigenvalue weighted by atomic mass is 79.9. The monoisotopic (exact) mass is 331 g/mol. The lowest BCUT2D eigenvalue weighted by molar-refractivity contribution is 0.181. The zero-order valence-corrected chi connectivity index (χ0v) is 12.9. The zero-order chi connectivity index (χ0) is 13.0. The van der Waals surface area contributed by atoms with Crippen molar-refractivity contribution in [2.75, 3.05) is 25.1 Å². The third-order valence-corrected chi connectivity index (χ3v) is 4.53.